The zero-order valence-electron chi connectivity index (χ0n) is 10.8. The molecule has 1 saturated heterocycles. The number of carbonyl (C=O) groups is 1. The zero-order chi connectivity index (χ0) is 13.1. The van der Waals surface area contributed by atoms with Crippen molar-refractivity contribution < 1.29 is 4.79 Å². The maximum absolute atomic E-state index is 12.3. The summed E-state index contributed by atoms with van der Waals surface area (Å²) in [5, 5.41) is 6.54. The summed E-state index contributed by atoms with van der Waals surface area (Å²) in [6.45, 7) is 5.18. The number of nitrogens with one attached hydrogen (secondary N) is 2. The molecule has 1 aromatic rings. The minimum absolute atomic E-state index is 0.0576. The lowest BCUT2D eigenvalue weighted by molar-refractivity contribution is 0.0924. The molecule has 4 heteroatoms. The Morgan fingerprint density at radius 1 is 1.50 bits per heavy atom. The fourth-order valence-electron chi connectivity index (χ4n) is 2.35. The second-order valence-electron chi connectivity index (χ2n) is 4.99. The molecule has 1 aliphatic heterocycles. The molecule has 2 unspecified atom stereocenters. The van der Waals surface area contributed by atoms with Crippen LogP contribution in [0.4, 0.5) is 0 Å². The monoisotopic (exact) mass is 358 g/mol. The van der Waals surface area contributed by atoms with Crippen LogP contribution in [0.5, 0.6) is 0 Å². The minimum atomic E-state index is 0.0576. The summed E-state index contributed by atoms with van der Waals surface area (Å²) >= 11 is 2.25. The number of rotatable bonds is 2. The third-order valence-corrected chi connectivity index (χ3v) is 4.83. The van der Waals surface area contributed by atoms with Crippen LogP contribution in [-0.2, 0) is 0 Å². The number of halogens is 1. The normalized spacial score (nSPS) is 23.7. The van der Waals surface area contributed by atoms with Crippen LogP contribution in [0.2, 0.25) is 0 Å². The molecule has 1 fully saturated rings. The van der Waals surface area contributed by atoms with Crippen LogP contribution >= 0.6 is 22.6 Å². The summed E-state index contributed by atoms with van der Waals surface area (Å²) in [7, 11) is 0. The van der Waals surface area contributed by atoms with Crippen molar-refractivity contribution in [3.8, 4) is 0 Å². The van der Waals surface area contributed by atoms with Crippen LogP contribution in [0.25, 0.3) is 0 Å². The summed E-state index contributed by atoms with van der Waals surface area (Å²) in [6, 6.07) is 6.66. The Morgan fingerprint density at radius 2 is 2.28 bits per heavy atom. The van der Waals surface area contributed by atoms with E-state index in [1.54, 1.807) is 0 Å². The number of benzene rings is 1. The summed E-state index contributed by atoms with van der Waals surface area (Å²) in [5.74, 6) is 0.0576. The van der Waals surface area contributed by atoms with Crippen molar-refractivity contribution in [1.29, 1.82) is 0 Å². The third kappa shape index (κ3) is 3.23. The second-order valence-corrected chi connectivity index (χ2v) is 6.07. The van der Waals surface area contributed by atoms with E-state index in [0.29, 0.717) is 12.1 Å². The average molecular weight is 358 g/mol. The number of aryl methyl sites for hydroxylation is 1. The molecule has 3 nitrogen and oxygen atoms in total. The first-order valence-corrected chi connectivity index (χ1v) is 7.45. The molecule has 2 N–H and O–H groups in total. The van der Waals surface area contributed by atoms with E-state index in [1.807, 2.05) is 25.1 Å². The van der Waals surface area contributed by atoms with Gasteiger partial charge in [-0.05, 0) is 67.5 Å². The highest BCUT2D eigenvalue weighted by Gasteiger charge is 2.21. The van der Waals surface area contributed by atoms with E-state index >= 15 is 0 Å². The summed E-state index contributed by atoms with van der Waals surface area (Å²) in [4.78, 5) is 12.3. The molecule has 1 aliphatic rings. The molecule has 1 heterocycles. The van der Waals surface area contributed by atoms with Crippen molar-refractivity contribution in [2.45, 2.75) is 38.8 Å². The fourth-order valence-corrected chi connectivity index (χ4v) is 2.95. The van der Waals surface area contributed by atoms with E-state index in [9.17, 15) is 4.79 Å². The summed E-state index contributed by atoms with van der Waals surface area (Å²) in [5.41, 5.74) is 1.95. The number of hydrogen-bond acceptors (Lipinski definition) is 2. The van der Waals surface area contributed by atoms with Crippen molar-refractivity contribution in [3.05, 3.63) is 32.9 Å². The van der Waals surface area contributed by atoms with E-state index in [-0.39, 0.29) is 5.91 Å². The highest BCUT2D eigenvalue weighted by molar-refractivity contribution is 14.1. The first kappa shape index (κ1) is 13.8. The van der Waals surface area contributed by atoms with E-state index in [4.69, 9.17) is 0 Å². The molecule has 0 spiro atoms. The number of hydrogen-bond donors (Lipinski definition) is 2. The smallest absolute Gasteiger partial charge is 0.252 e. The van der Waals surface area contributed by atoms with Crippen LogP contribution in [0.3, 0.4) is 0 Å². The fraction of sp³-hybridized carbons (Fsp3) is 0.500. The quantitative estimate of drug-likeness (QED) is 0.798. The van der Waals surface area contributed by atoms with Crippen LogP contribution in [0, 0.1) is 10.5 Å². The number of amides is 1. The van der Waals surface area contributed by atoms with Crippen molar-refractivity contribution in [1.82, 2.24) is 10.6 Å². The maximum atomic E-state index is 12.3. The predicted molar refractivity (Wildman–Crippen MR) is 81.8 cm³/mol. The largest absolute Gasteiger partial charge is 0.349 e. The van der Waals surface area contributed by atoms with E-state index in [2.05, 4.69) is 40.1 Å². The van der Waals surface area contributed by atoms with Crippen molar-refractivity contribution >= 4 is 28.5 Å². The maximum Gasteiger partial charge on any atom is 0.252 e. The number of piperidine rings is 1. The standard InChI is InChI=1S/C14H19IN2O/c1-9-4-3-5-12(13(9)15)14(18)17-11-6-7-16-10(2)8-11/h3-5,10-11,16H,6-8H2,1-2H3,(H,17,18). The molecule has 18 heavy (non-hydrogen) atoms. The lowest BCUT2D eigenvalue weighted by Crippen LogP contribution is -2.46. The highest BCUT2D eigenvalue weighted by atomic mass is 127. The SMILES string of the molecule is Cc1cccc(C(=O)NC2CCNC(C)C2)c1I. The van der Waals surface area contributed by atoms with Gasteiger partial charge in [-0.1, -0.05) is 12.1 Å². The lowest BCUT2D eigenvalue weighted by Gasteiger charge is -2.28. The molecule has 1 amide bonds. The molecular weight excluding hydrogens is 339 g/mol. The Balaban J connectivity index is 2.05. The van der Waals surface area contributed by atoms with Gasteiger partial charge in [-0.2, -0.15) is 0 Å². The molecular formula is C14H19IN2O. The van der Waals surface area contributed by atoms with Gasteiger partial charge in [0.1, 0.15) is 0 Å². The van der Waals surface area contributed by atoms with Gasteiger partial charge < -0.3 is 10.6 Å². The molecule has 0 saturated carbocycles. The summed E-state index contributed by atoms with van der Waals surface area (Å²) in [6.07, 6.45) is 2.02. The molecule has 0 aromatic heterocycles. The molecule has 0 radical (unpaired) electrons. The van der Waals surface area contributed by atoms with Crippen LogP contribution in [0.1, 0.15) is 35.7 Å². The Morgan fingerprint density at radius 3 is 3.00 bits per heavy atom. The molecule has 2 rings (SSSR count). The van der Waals surface area contributed by atoms with Gasteiger partial charge >= 0.3 is 0 Å². The van der Waals surface area contributed by atoms with Gasteiger partial charge in [0.2, 0.25) is 0 Å². The van der Waals surface area contributed by atoms with Gasteiger partial charge in [0, 0.05) is 15.7 Å². The van der Waals surface area contributed by atoms with Gasteiger partial charge in [0.15, 0.2) is 0 Å². The van der Waals surface area contributed by atoms with Gasteiger partial charge in [0.05, 0.1) is 5.56 Å². The second kappa shape index (κ2) is 6.02. The lowest BCUT2D eigenvalue weighted by atomic mass is 10.00. The third-order valence-electron chi connectivity index (χ3n) is 3.40. The number of carbonyl (C=O) groups excluding carboxylic acids is 1. The first-order valence-electron chi connectivity index (χ1n) is 6.37. The van der Waals surface area contributed by atoms with Gasteiger partial charge in [-0.15, -0.1) is 0 Å². The van der Waals surface area contributed by atoms with Crippen LogP contribution < -0.4 is 10.6 Å². The predicted octanol–water partition coefficient (Wildman–Crippen LogP) is 2.47. The van der Waals surface area contributed by atoms with Gasteiger partial charge in [0.25, 0.3) is 5.91 Å². The van der Waals surface area contributed by atoms with Crippen molar-refractivity contribution in [2.24, 2.45) is 0 Å². The van der Waals surface area contributed by atoms with Gasteiger partial charge in [-0.25, -0.2) is 0 Å². The molecule has 98 valence electrons. The summed E-state index contributed by atoms with van der Waals surface area (Å²) < 4.78 is 1.05. The van der Waals surface area contributed by atoms with Crippen molar-refractivity contribution in [2.75, 3.05) is 6.54 Å². The Bertz CT molecular complexity index is 447. The van der Waals surface area contributed by atoms with Crippen LogP contribution in [-0.4, -0.2) is 24.5 Å². The first-order chi connectivity index (χ1) is 8.58. The molecule has 0 aliphatic carbocycles. The molecule has 1 aromatic carbocycles. The molecule has 0 bridgehead atoms. The topological polar surface area (TPSA) is 41.1 Å². The average Bonchev–Trinajstić information content (AvgIpc) is 2.32. The Hall–Kier alpha value is -0.620. The van der Waals surface area contributed by atoms with Gasteiger partial charge in [-0.3, -0.25) is 4.79 Å². The van der Waals surface area contributed by atoms with E-state index in [1.165, 1.54) is 0 Å². The van der Waals surface area contributed by atoms with E-state index in [0.717, 1.165) is 34.1 Å². The van der Waals surface area contributed by atoms with Crippen molar-refractivity contribution in [3.63, 3.8) is 0 Å². The highest BCUT2D eigenvalue weighted by Crippen LogP contribution is 2.17. The van der Waals surface area contributed by atoms with Crippen LogP contribution in [0.15, 0.2) is 18.2 Å². The zero-order valence-corrected chi connectivity index (χ0v) is 13.0. The Labute approximate surface area is 122 Å². The molecule has 2 atom stereocenters. The van der Waals surface area contributed by atoms with E-state index < -0.39 is 0 Å². The minimum Gasteiger partial charge on any atom is -0.349 e. The Kier molecular flexibility index (Phi) is 4.61.